The lowest BCUT2D eigenvalue weighted by Crippen LogP contribution is -1.87. The molecule has 0 aliphatic carbocycles. The highest BCUT2D eigenvalue weighted by Gasteiger charge is 2.04. The number of nitrogens with one attached hydrogen (secondary N) is 1. The number of ether oxygens (including phenoxy) is 1. The molecule has 1 aromatic rings. The molecule has 0 radical (unpaired) electrons. The van der Waals surface area contributed by atoms with Gasteiger partial charge in [0, 0.05) is 11.8 Å². The van der Waals surface area contributed by atoms with Gasteiger partial charge in [0.2, 0.25) is 0 Å². The van der Waals surface area contributed by atoms with Gasteiger partial charge in [0.25, 0.3) is 0 Å². The molecule has 0 spiro atoms. The van der Waals surface area contributed by atoms with Crippen LogP contribution in [-0.4, -0.2) is 12.1 Å². The number of hydrogen-bond acceptors (Lipinski definition) is 1. The van der Waals surface area contributed by atoms with Crippen LogP contribution in [0.3, 0.4) is 0 Å². The molecular formula is C8H13NO. The van der Waals surface area contributed by atoms with Gasteiger partial charge in [0.1, 0.15) is 0 Å². The molecule has 0 atom stereocenters. The molecule has 0 bridgehead atoms. The Hall–Kier alpha value is -0.920. The molecule has 1 heterocycles. The van der Waals surface area contributed by atoms with Crippen molar-refractivity contribution >= 4 is 0 Å². The molecule has 0 aliphatic rings. The summed E-state index contributed by atoms with van der Waals surface area (Å²) < 4.78 is 5.10. The predicted molar refractivity (Wildman–Crippen MR) is 41.5 cm³/mol. The van der Waals surface area contributed by atoms with E-state index < -0.39 is 0 Å². The second kappa shape index (κ2) is 2.78. The van der Waals surface area contributed by atoms with Gasteiger partial charge in [-0.3, -0.25) is 0 Å². The average molecular weight is 139 g/mol. The summed E-state index contributed by atoms with van der Waals surface area (Å²) in [6.07, 6.45) is 3.00. The molecule has 0 saturated carbocycles. The molecule has 0 amide bonds. The summed E-state index contributed by atoms with van der Waals surface area (Å²) in [6.45, 7) is 4.20. The van der Waals surface area contributed by atoms with Gasteiger partial charge >= 0.3 is 0 Å². The van der Waals surface area contributed by atoms with Gasteiger partial charge in [-0.05, 0) is 18.9 Å². The number of methoxy groups -OCH3 is 1. The number of hydrogen-bond donors (Lipinski definition) is 1. The smallest absolute Gasteiger partial charge is 0.193 e. The van der Waals surface area contributed by atoms with E-state index in [0.717, 1.165) is 12.3 Å². The Morgan fingerprint density at radius 2 is 2.30 bits per heavy atom. The summed E-state index contributed by atoms with van der Waals surface area (Å²) in [5.74, 6) is 0.903. The molecule has 0 unspecified atom stereocenters. The van der Waals surface area contributed by atoms with E-state index in [1.165, 1.54) is 11.1 Å². The van der Waals surface area contributed by atoms with Gasteiger partial charge in [0.05, 0.1) is 7.11 Å². The van der Waals surface area contributed by atoms with Crippen LogP contribution in [0.2, 0.25) is 0 Å². The lowest BCUT2D eigenvalue weighted by atomic mass is 10.2. The van der Waals surface area contributed by atoms with E-state index in [-0.39, 0.29) is 0 Å². The van der Waals surface area contributed by atoms with E-state index in [9.17, 15) is 0 Å². The minimum atomic E-state index is 0.903. The molecule has 10 heavy (non-hydrogen) atoms. The molecule has 1 N–H and O–H groups in total. The van der Waals surface area contributed by atoms with Crippen molar-refractivity contribution in [3.63, 3.8) is 0 Å². The third-order valence-corrected chi connectivity index (χ3v) is 1.73. The summed E-state index contributed by atoms with van der Waals surface area (Å²) in [5, 5.41) is 0. The molecule has 1 aromatic heterocycles. The van der Waals surface area contributed by atoms with E-state index in [1.807, 2.05) is 6.20 Å². The highest BCUT2D eigenvalue weighted by molar-refractivity contribution is 5.34. The zero-order chi connectivity index (χ0) is 7.56. The van der Waals surface area contributed by atoms with Crippen LogP contribution < -0.4 is 4.74 Å². The third kappa shape index (κ3) is 1.01. The van der Waals surface area contributed by atoms with Crippen molar-refractivity contribution in [1.29, 1.82) is 0 Å². The standard InChI is InChI=1S/C8H13NO/c1-4-7-6(2)5-9-8(7)10-3/h5,9H,4H2,1-3H3. The van der Waals surface area contributed by atoms with Crippen molar-refractivity contribution < 1.29 is 4.74 Å². The summed E-state index contributed by atoms with van der Waals surface area (Å²) in [6, 6.07) is 0. The van der Waals surface area contributed by atoms with Gasteiger partial charge < -0.3 is 9.72 Å². The molecule has 2 heteroatoms. The quantitative estimate of drug-likeness (QED) is 0.665. The van der Waals surface area contributed by atoms with Crippen molar-refractivity contribution in [2.45, 2.75) is 20.3 Å². The SMILES string of the molecule is CCc1c(C)c[nH]c1OC. The van der Waals surface area contributed by atoms with Crippen LogP contribution in [0.4, 0.5) is 0 Å². The molecule has 0 fully saturated rings. The maximum Gasteiger partial charge on any atom is 0.193 e. The first-order valence-electron chi connectivity index (χ1n) is 3.50. The summed E-state index contributed by atoms with van der Waals surface area (Å²) >= 11 is 0. The minimum Gasteiger partial charge on any atom is -0.482 e. The zero-order valence-electron chi connectivity index (χ0n) is 6.69. The Labute approximate surface area is 61.2 Å². The van der Waals surface area contributed by atoms with Crippen LogP contribution in [0, 0.1) is 6.92 Å². The first-order valence-corrected chi connectivity index (χ1v) is 3.50. The van der Waals surface area contributed by atoms with Crippen LogP contribution in [0.25, 0.3) is 0 Å². The van der Waals surface area contributed by atoms with Gasteiger partial charge in [-0.1, -0.05) is 6.92 Å². The van der Waals surface area contributed by atoms with Crippen molar-refractivity contribution in [3.8, 4) is 5.88 Å². The molecule has 0 aromatic carbocycles. The van der Waals surface area contributed by atoms with E-state index in [1.54, 1.807) is 7.11 Å². The van der Waals surface area contributed by atoms with Crippen LogP contribution in [-0.2, 0) is 6.42 Å². The Morgan fingerprint density at radius 1 is 1.60 bits per heavy atom. The lowest BCUT2D eigenvalue weighted by molar-refractivity contribution is 0.396. The van der Waals surface area contributed by atoms with Gasteiger partial charge in [-0.25, -0.2) is 0 Å². The van der Waals surface area contributed by atoms with Crippen LogP contribution in [0.5, 0.6) is 5.88 Å². The number of rotatable bonds is 2. The number of H-pyrrole nitrogens is 1. The normalized spacial score (nSPS) is 9.90. The Kier molecular flexibility index (Phi) is 2.00. The van der Waals surface area contributed by atoms with Gasteiger partial charge in [0.15, 0.2) is 5.88 Å². The van der Waals surface area contributed by atoms with Crippen LogP contribution in [0.15, 0.2) is 6.20 Å². The van der Waals surface area contributed by atoms with Gasteiger partial charge in [-0.2, -0.15) is 0 Å². The highest BCUT2D eigenvalue weighted by Crippen LogP contribution is 2.19. The Balaban J connectivity index is 3.01. The highest BCUT2D eigenvalue weighted by atomic mass is 16.5. The fourth-order valence-corrected chi connectivity index (χ4v) is 1.15. The molecular weight excluding hydrogens is 126 g/mol. The first kappa shape index (κ1) is 7.19. The topological polar surface area (TPSA) is 25.0 Å². The van der Waals surface area contributed by atoms with Crippen LogP contribution in [0.1, 0.15) is 18.1 Å². The van der Waals surface area contributed by atoms with Crippen molar-refractivity contribution in [1.82, 2.24) is 4.98 Å². The number of aromatic nitrogens is 1. The summed E-state index contributed by atoms with van der Waals surface area (Å²) in [5.41, 5.74) is 2.56. The summed E-state index contributed by atoms with van der Waals surface area (Å²) in [7, 11) is 1.68. The second-order valence-electron chi connectivity index (χ2n) is 2.34. The van der Waals surface area contributed by atoms with Crippen molar-refractivity contribution in [3.05, 3.63) is 17.3 Å². The van der Waals surface area contributed by atoms with Crippen LogP contribution >= 0.6 is 0 Å². The van der Waals surface area contributed by atoms with Gasteiger partial charge in [-0.15, -0.1) is 0 Å². The zero-order valence-corrected chi connectivity index (χ0v) is 6.69. The fraction of sp³-hybridized carbons (Fsp3) is 0.500. The number of aryl methyl sites for hydroxylation is 1. The predicted octanol–water partition coefficient (Wildman–Crippen LogP) is 1.89. The van der Waals surface area contributed by atoms with E-state index in [2.05, 4.69) is 18.8 Å². The molecule has 1 rings (SSSR count). The van der Waals surface area contributed by atoms with E-state index >= 15 is 0 Å². The molecule has 2 nitrogen and oxygen atoms in total. The van der Waals surface area contributed by atoms with E-state index in [0.29, 0.717) is 0 Å². The monoisotopic (exact) mass is 139 g/mol. The van der Waals surface area contributed by atoms with Crippen molar-refractivity contribution in [2.75, 3.05) is 7.11 Å². The average Bonchev–Trinajstić information content (AvgIpc) is 2.30. The Morgan fingerprint density at radius 3 is 2.70 bits per heavy atom. The second-order valence-corrected chi connectivity index (χ2v) is 2.34. The number of aromatic amines is 1. The minimum absolute atomic E-state index is 0.903. The molecule has 0 aliphatic heterocycles. The maximum absolute atomic E-state index is 5.10. The molecule has 0 saturated heterocycles. The molecule has 56 valence electrons. The summed E-state index contributed by atoms with van der Waals surface area (Å²) in [4.78, 5) is 3.05. The van der Waals surface area contributed by atoms with Crippen molar-refractivity contribution in [2.24, 2.45) is 0 Å². The largest absolute Gasteiger partial charge is 0.482 e. The Bertz CT molecular complexity index is 215. The first-order chi connectivity index (χ1) is 4.79. The lowest BCUT2D eigenvalue weighted by Gasteiger charge is -1.98. The van der Waals surface area contributed by atoms with E-state index in [4.69, 9.17) is 4.74 Å². The fourth-order valence-electron chi connectivity index (χ4n) is 1.15. The maximum atomic E-state index is 5.10. The third-order valence-electron chi connectivity index (χ3n) is 1.73.